The van der Waals surface area contributed by atoms with Gasteiger partial charge in [-0.05, 0) is 59.3 Å². The molecule has 0 unspecified atom stereocenters. The van der Waals surface area contributed by atoms with Gasteiger partial charge in [-0.2, -0.15) is 0 Å². The van der Waals surface area contributed by atoms with Crippen LogP contribution in [0.25, 0.3) is 5.57 Å². The minimum absolute atomic E-state index is 0.209. The molecule has 0 fully saturated rings. The second-order valence-electron chi connectivity index (χ2n) is 7.23. The Hall–Kier alpha value is -2.70. The summed E-state index contributed by atoms with van der Waals surface area (Å²) in [5.41, 5.74) is 3.35. The number of rotatable bonds is 6. The minimum Gasteiger partial charge on any atom is -0.503 e. The minimum atomic E-state index is -0.394. The first kappa shape index (κ1) is 21.5. The Balaban J connectivity index is 1.76. The molecule has 0 aromatic heterocycles. The molecule has 3 aromatic carbocycles. The summed E-state index contributed by atoms with van der Waals surface area (Å²) in [6.07, 6.45) is 2.03. The number of aliphatic hydroxyl groups is 1. The highest BCUT2D eigenvalue weighted by Crippen LogP contribution is 2.44. The van der Waals surface area contributed by atoms with E-state index in [1.807, 2.05) is 79.1 Å². The predicted octanol–water partition coefficient (Wildman–Crippen LogP) is 6.23. The summed E-state index contributed by atoms with van der Waals surface area (Å²) >= 11 is 5.16. The summed E-state index contributed by atoms with van der Waals surface area (Å²) in [7, 11) is 1.61. The molecule has 0 saturated carbocycles. The van der Waals surface area contributed by atoms with Crippen molar-refractivity contribution in [1.82, 2.24) is 4.90 Å². The Morgan fingerprint density at radius 2 is 1.65 bits per heavy atom. The van der Waals surface area contributed by atoms with Crippen LogP contribution in [0.5, 0.6) is 5.75 Å². The number of halogens is 1. The van der Waals surface area contributed by atoms with E-state index < -0.39 is 6.04 Å². The highest BCUT2D eigenvalue weighted by molar-refractivity contribution is 9.10. The molecule has 0 aliphatic carbocycles. The van der Waals surface area contributed by atoms with Crippen molar-refractivity contribution >= 4 is 39.2 Å². The largest absolute Gasteiger partial charge is 0.503 e. The molecule has 0 saturated heterocycles. The van der Waals surface area contributed by atoms with Crippen molar-refractivity contribution in [3.8, 4) is 5.75 Å². The average Bonchev–Trinajstić information content (AvgIpc) is 3.05. The van der Waals surface area contributed by atoms with Gasteiger partial charge in [-0.1, -0.05) is 52.3 Å². The van der Waals surface area contributed by atoms with Gasteiger partial charge in [0.25, 0.3) is 5.91 Å². The van der Waals surface area contributed by atoms with E-state index >= 15 is 0 Å². The lowest BCUT2D eigenvalue weighted by Crippen LogP contribution is -2.29. The number of hydrogen-bond donors (Lipinski definition) is 1. The van der Waals surface area contributed by atoms with Crippen molar-refractivity contribution in [2.45, 2.75) is 17.5 Å². The van der Waals surface area contributed by atoms with Gasteiger partial charge in [-0.25, -0.2) is 0 Å². The molecule has 6 heteroatoms. The molecular formula is C25H22BrNO3S. The number of nitrogens with zero attached hydrogens (tertiary/aromatic N) is 1. The predicted molar refractivity (Wildman–Crippen MR) is 128 cm³/mol. The Kier molecular flexibility index (Phi) is 6.39. The van der Waals surface area contributed by atoms with Crippen LogP contribution in [0, 0.1) is 0 Å². The van der Waals surface area contributed by atoms with Crippen LogP contribution in [0.3, 0.4) is 0 Å². The van der Waals surface area contributed by atoms with E-state index in [-0.39, 0.29) is 11.7 Å². The smallest absolute Gasteiger partial charge is 0.290 e. The third-order valence-corrected chi connectivity index (χ3v) is 6.67. The molecule has 4 nitrogen and oxygen atoms in total. The van der Waals surface area contributed by atoms with Gasteiger partial charge >= 0.3 is 0 Å². The highest BCUT2D eigenvalue weighted by Gasteiger charge is 2.41. The number of ether oxygens (including phenoxy) is 1. The zero-order valence-electron chi connectivity index (χ0n) is 17.2. The first-order valence-electron chi connectivity index (χ1n) is 9.78. The zero-order chi connectivity index (χ0) is 22.0. The van der Waals surface area contributed by atoms with Crippen LogP contribution in [-0.4, -0.2) is 29.3 Å². The van der Waals surface area contributed by atoms with E-state index in [0.717, 1.165) is 26.9 Å². The van der Waals surface area contributed by atoms with Crippen molar-refractivity contribution in [3.05, 3.63) is 99.7 Å². The summed E-state index contributed by atoms with van der Waals surface area (Å²) in [6.45, 7) is 0.401. The maximum Gasteiger partial charge on any atom is 0.290 e. The first-order valence-corrected chi connectivity index (χ1v) is 11.8. The summed E-state index contributed by atoms with van der Waals surface area (Å²) in [5.74, 6) is 0.144. The number of aliphatic hydroxyl groups excluding tert-OH is 1. The number of thioether (sulfide) groups is 1. The Morgan fingerprint density at radius 3 is 2.23 bits per heavy atom. The van der Waals surface area contributed by atoms with E-state index in [4.69, 9.17) is 4.74 Å². The fourth-order valence-corrected chi connectivity index (χ4v) is 4.47. The number of hydrogen-bond acceptors (Lipinski definition) is 4. The van der Waals surface area contributed by atoms with Crippen LogP contribution in [0.4, 0.5) is 0 Å². The summed E-state index contributed by atoms with van der Waals surface area (Å²) in [5, 5.41) is 10.9. The number of benzene rings is 3. The number of carbonyl (C=O) groups excluding carboxylic acids is 1. The fraction of sp³-hybridized carbons (Fsp3) is 0.160. The Bertz CT molecular complexity index is 1110. The molecule has 1 heterocycles. The van der Waals surface area contributed by atoms with Crippen molar-refractivity contribution in [2.75, 3.05) is 13.4 Å². The van der Waals surface area contributed by atoms with Crippen LogP contribution in [0.2, 0.25) is 0 Å². The molecular weight excluding hydrogens is 474 g/mol. The molecule has 0 spiro atoms. The van der Waals surface area contributed by atoms with E-state index in [1.54, 1.807) is 23.8 Å². The van der Waals surface area contributed by atoms with Gasteiger partial charge in [-0.15, -0.1) is 11.8 Å². The maximum absolute atomic E-state index is 13.2. The van der Waals surface area contributed by atoms with Crippen molar-refractivity contribution in [2.24, 2.45) is 0 Å². The highest BCUT2D eigenvalue weighted by atomic mass is 79.9. The van der Waals surface area contributed by atoms with Gasteiger partial charge in [0.05, 0.1) is 13.2 Å². The fourth-order valence-electron chi connectivity index (χ4n) is 3.80. The molecule has 1 amide bonds. The normalized spacial score (nSPS) is 16.2. The lowest BCUT2D eigenvalue weighted by Gasteiger charge is -2.27. The van der Waals surface area contributed by atoms with Gasteiger partial charge in [0.15, 0.2) is 5.76 Å². The molecule has 0 bridgehead atoms. The number of carbonyl (C=O) groups is 1. The maximum atomic E-state index is 13.2. The van der Waals surface area contributed by atoms with Gasteiger partial charge in [0.2, 0.25) is 0 Å². The van der Waals surface area contributed by atoms with Gasteiger partial charge in [0, 0.05) is 21.5 Å². The molecule has 1 aliphatic rings. The van der Waals surface area contributed by atoms with Crippen molar-refractivity contribution in [1.29, 1.82) is 0 Å². The van der Waals surface area contributed by atoms with Gasteiger partial charge in [-0.3, -0.25) is 4.79 Å². The van der Waals surface area contributed by atoms with Crippen LogP contribution < -0.4 is 4.74 Å². The zero-order valence-corrected chi connectivity index (χ0v) is 19.6. The molecule has 1 aliphatic heterocycles. The summed E-state index contributed by atoms with van der Waals surface area (Å²) in [6, 6.07) is 23.0. The Morgan fingerprint density at radius 1 is 1.00 bits per heavy atom. The van der Waals surface area contributed by atoms with Crippen LogP contribution in [-0.2, 0) is 11.3 Å². The number of methoxy groups -OCH3 is 1. The molecule has 0 radical (unpaired) electrons. The standard InChI is InChI=1S/C25H22BrNO3S/c1-30-20-11-7-17(8-12-20)22-23(18-5-9-19(26)10-6-18)27(25(29)24(22)28)15-16-3-13-21(31-2)14-4-16/h3-14,23,28H,15H2,1-2H3/t23-/m1/s1. The van der Waals surface area contributed by atoms with Gasteiger partial charge in [0.1, 0.15) is 5.75 Å². The molecule has 4 rings (SSSR count). The monoisotopic (exact) mass is 495 g/mol. The first-order chi connectivity index (χ1) is 15.0. The van der Waals surface area contributed by atoms with Crippen LogP contribution >= 0.6 is 27.7 Å². The topological polar surface area (TPSA) is 49.8 Å². The van der Waals surface area contributed by atoms with Crippen molar-refractivity contribution in [3.63, 3.8) is 0 Å². The number of amides is 1. The van der Waals surface area contributed by atoms with Crippen molar-refractivity contribution < 1.29 is 14.6 Å². The quantitative estimate of drug-likeness (QED) is 0.411. The Labute approximate surface area is 194 Å². The average molecular weight is 496 g/mol. The second kappa shape index (κ2) is 9.20. The molecule has 31 heavy (non-hydrogen) atoms. The van der Waals surface area contributed by atoms with E-state index in [1.165, 1.54) is 4.90 Å². The molecule has 1 atom stereocenters. The summed E-state index contributed by atoms with van der Waals surface area (Å²) in [4.78, 5) is 16.1. The lowest BCUT2D eigenvalue weighted by atomic mass is 9.93. The van der Waals surface area contributed by atoms with Gasteiger partial charge < -0.3 is 14.7 Å². The summed E-state index contributed by atoms with van der Waals surface area (Å²) < 4.78 is 6.22. The molecule has 1 N–H and O–H groups in total. The third-order valence-electron chi connectivity index (χ3n) is 5.40. The second-order valence-corrected chi connectivity index (χ2v) is 9.02. The van der Waals surface area contributed by atoms with Crippen LogP contribution in [0.15, 0.2) is 87.9 Å². The van der Waals surface area contributed by atoms with E-state index in [0.29, 0.717) is 12.1 Å². The lowest BCUT2D eigenvalue weighted by molar-refractivity contribution is -0.130. The van der Waals surface area contributed by atoms with Crippen LogP contribution in [0.1, 0.15) is 22.7 Å². The van der Waals surface area contributed by atoms with E-state index in [2.05, 4.69) is 15.9 Å². The third kappa shape index (κ3) is 4.36. The SMILES string of the molecule is COc1ccc(C2=C(O)C(=O)N(Cc3ccc(SC)cc3)[C@@H]2c2ccc(Br)cc2)cc1. The van der Waals surface area contributed by atoms with E-state index in [9.17, 15) is 9.90 Å². The molecule has 3 aromatic rings. The molecule has 158 valence electrons.